The summed E-state index contributed by atoms with van der Waals surface area (Å²) in [6.07, 6.45) is 1.80. The average molecular weight is 642 g/mol. The van der Waals surface area contributed by atoms with E-state index in [-0.39, 0.29) is 48.4 Å². The van der Waals surface area contributed by atoms with Crippen LogP contribution < -0.4 is 29.4 Å². The fourth-order valence-electron chi connectivity index (χ4n) is 6.38. The molecule has 1 atom stereocenters. The molecule has 0 saturated carbocycles. The zero-order valence-electron chi connectivity index (χ0n) is 27.0. The van der Waals surface area contributed by atoms with E-state index >= 15 is 0 Å². The number of phenols is 2. The van der Waals surface area contributed by atoms with Crippen molar-refractivity contribution in [2.45, 2.75) is 45.1 Å². The van der Waals surface area contributed by atoms with Crippen molar-refractivity contribution in [3.8, 4) is 39.9 Å². The molecule has 0 spiro atoms. The molecule has 1 unspecified atom stereocenters. The van der Waals surface area contributed by atoms with E-state index in [2.05, 4.69) is 47.5 Å². The number of aliphatic hydroxyl groups is 1. The molecule has 1 aromatic heterocycles. The molecule has 248 valence electrons. The molecule has 3 aromatic carbocycles. The minimum atomic E-state index is -0.552. The van der Waals surface area contributed by atoms with E-state index < -0.39 is 6.10 Å². The Morgan fingerprint density at radius 1 is 1.04 bits per heavy atom. The van der Waals surface area contributed by atoms with Gasteiger partial charge in [0, 0.05) is 18.6 Å². The Morgan fingerprint density at radius 2 is 1.83 bits per heavy atom. The second-order valence-corrected chi connectivity index (χ2v) is 11.9. The summed E-state index contributed by atoms with van der Waals surface area (Å²) in [7, 11) is 1.45. The van der Waals surface area contributed by atoms with E-state index in [0.29, 0.717) is 36.1 Å². The first-order chi connectivity index (χ1) is 22.9. The SMILES string of the molecule is CCc1cc(-c2cccc(CCc3c(O)c(OC)c(OCCCO)c4c3OC(c3ccc(O)cc3)CC4=[OH+])c2)c(N2CCNCC2)[n-]1. The van der Waals surface area contributed by atoms with E-state index in [1.165, 1.54) is 7.11 Å². The highest BCUT2D eigenvalue weighted by atomic mass is 16.5. The van der Waals surface area contributed by atoms with Gasteiger partial charge in [-0.15, -0.1) is 0 Å². The van der Waals surface area contributed by atoms with Crippen LogP contribution >= 0.6 is 0 Å². The lowest BCUT2D eigenvalue weighted by Crippen LogP contribution is -2.44. The number of phenolic OH excluding ortho intramolecular Hbond substituents is 2. The Bertz CT molecular complexity index is 1710. The number of methoxy groups -OCH3 is 1. The van der Waals surface area contributed by atoms with E-state index in [9.17, 15) is 20.1 Å². The van der Waals surface area contributed by atoms with Crippen LogP contribution in [-0.2, 0) is 19.3 Å². The molecule has 47 heavy (non-hydrogen) atoms. The van der Waals surface area contributed by atoms with Crippen LogP contribution in [0.1, 0.15) is 53.8 Å². The molecule has 2 aliphatic heterocycles. The van der Waals surface area contributed by atoms with Gasteiger partial charge in [0.25, 0.3) is 0 Å². The van der Waals surface area contributed by atoms with E-state index in [1.54, 1.807) is 24.3 Å². The smallest absolute Gasteiger partial charge is 0.335 e. The van der Waals surface area contributed by atoms with Crippen LogP contribution in [0, 0.1) is 0 Å². The number of ether oxygens (including phenoxy) is 3. The van der Waals surface area contributed by atoms with Gasteiger partial charge in [0.2, 0.25) is 5.75 Å². The normalized spacial score (nSPS) is 16.1. The minimum absolute atomic E-state index is 0.0424. The largest absolute Gasteiger partial charge is 0.508 e. The molecule has 0 bridgehead atoms. The van der Waals surface area contributed by atoms with Gasteiger partial charge in [-0.2, -0.15) is 0 Å². The summed E-state index contributed by atoms with van der Waals surface area (Å²) in [4.78, 5) is 18.8. The standard InChI is InChI=1S/C37H42N3O7/c1-3-26-21-29(37(39-26)40-16-14-38-15-17-40)25-7-4-6-23(20-25)8-13-28-33(44)36(45-2)35(46-19-5-18-41)32-30(43)22-31(47-34(28)32)24-9-11-27(42)12-10-24/h4,6-7,9-12,20-21,31,38,41-42H,3,5,8,13-19,22H2,1-2H3,(H,43,44)/q-1/p+1. The first kappa shape index (κ1) is 32.3. The molecule has 6 rings (SSSR count). The topological polar surface area (TPSA) is 139 Å². The lowest BCUT2D eigenvalue weighted by molar-refractivity contribution is 0.192. The molecule has 5 N–H and O–H groups in total. The van der Waals surface area contributed by atoms with Crippen LogP contribution in [0.2, 0.25) is 0 Å². The highest BCUT2D eigenvalue weighted by Crippen LogP contribution is 2.52. The number of hydrogen-bond acceptors (Lipinski definition) is 8. The summed E-state index contributed by atoms with van der Waals surface area (Å²) in [5.41, 5.74) is 5.96. The van der Waals surface area contributed by atoms with Gasteiger partial charge >= 0.3 is 5.78 Å². The summed E-state index contributed by atoms with van der Waals surface area (Å²) in [6, 6.07) is 17.3. The van der Waals surface area contributed by atoms with Gasteiger partial charge in [0.1, 0.15) is 24.0 Å². The second-order valence-electron chi connectivity index (χ2n) is 11.9. The van der Waals surface area contributed by atoms with Gasteiger partial charge in [-0.25, -0.2) is 0 Å². The number of carbonyl (C=O) groups excluding carboxylic acids is 1. The van der Waals surface area contributed by atoms with E-state index in [0.717, 1.165) is 66.4 Å². The zero-order chi connectivity index (χ0) is 32.9. The van der Waals surface area contributed by atoms with Crippen molar-refractivity contribution in [1.82, 2.24) is 10.3 Å². The van der Waals surface area contributed by atoms with Crippen molar-refractivity contribution < 1.29 is 34.3 Å². The number of fused-ring (bicyclic) bond motifs is 1. The Balaban J connectivity index is 1.35. The summed E-state index contributed by atoms with van der Waals surface area (Å²) in [5, 5.41) is 34.2. The van der Waals surface area contributed by atoms with Gasteiger partial charge in [0.05, 0.1) is 13.7 Å². The molecule has 0 aliphatic carbocycles. The van der Waals surface area contributed by atoms with Gasteiger partial charge < -0.3 is 44.7 Å². The number of benzene rings is 3. The lowest BCUT2D eigenvalue weighted by Gasteiger charge is -2.37. The van der Waals surface area contributed by atoms with Crippen LogP contribution in [0.5, 0.6) is 28.7 Å². The number of aromatic nitrogens is 1. The summed E-state index contributed by atoms with van der Waals surface area (Å²) in [6.45, 7) is 5.89. The van der Waals surface area contributed by atoms with E-state index in [1.807, 2.05) is 0 Å². The average Bonchev–Trinajstić information content (AvgIpc) is 3.54. The summed E-state index contributed by atoms with van der Waals surface area (Å²) < 4.78 is 18.2. The van der Waals surface area contributed by atoms with Crippen molar-refractivity contribution in [2.24, 2.45) is 0 Å². The van der Waals surface area contributed by atoms with Crippen LogP contribution in [0.3, 0.4) is 0 Å². The minimum Gasteiger partial charge on any atom is -0.508 e. The number of piperazine rings is 1. The molecular weight excluding hydrogens is 598 g/mol. The number of nitrogens with one attached hydrogen (secondary N) is 1. The number of aliphatic hydroxyl groups excluding tert-OH is 1. The number of ketones is 1. The number of aryl methyl sites for hydroxylation is 2. The fourth-order valence-corrected chi connectivity index (χ4v) is 6.38. The Labute approximate surface area is 274 Å². The van der Waals surface area contributed by atoms with Crippen LogP contribution in [-0.4, -0.2) is 72.4 Å². The maximum Gasteiger partial charge on any atom is 0.335 e. The number of nitrogens with zero attached hydrogens (tertiary/aromatic N) is 2. The molecule has 1 fully saturated rings. The van der Waals surface area contributed by atoms with Crippen LogP contribution in [0.25, 0.3) is 11.1 Å². The van der Waals surface area contributed by atoms with Crippen molar-refractivity contribution in [1.29, 1.82) is 0 Å². The zero-order valence-corrected chi connectivity index (χ0v) is 27.0. The third-order valence-electron chi connectivity index (χ3n) is 8.86. The van der Waals surface area contributed by atoms with Gasteiger partial charge in [-0.05, 0) is 79.8 Å². The van der Waals surface area contributed by atoms with E-state index in [4.69, 9.17) is 19.2 Å². The molecule has 10 nitrogen and oxygen atoms in total. The van der Waals surface area contributed by atoms with Crippen molar-refractivity contribution in [3.05, 3.63) is 82.5 Å². The highest BCUT2D eigenvalue weighted by molar-refractivity contribution is 6.05. The predicted molar refractivity (Wildman–Crippen MR) is 181 cm³/mol. The van der Waals surface area contributed by atoms with Gasteiger partial charge in [0.15, 0.2) is 17.1 Å². The number of rotatable bonds is 12. The Hall–Kier alpha value is -4.67. The molecule has 10 heteroatoms. The number of anilines is 1. The van der Waals surface area contributed by atoms with Gasteiger partial charge in [-0.3, -0.25) is 4.79 Å². The maximum absolute atomic E-state index is 11.6. The molecule has 1 saturated heterocycles. The van der Waals surface area contributed by atoms with Crippen molar-refractivity contribution >= 4 is 11.6 Å². The lowest BCUT2D eigenvalue weighted by atomic mass is 9.90. The summed E-state index contributed by atoms with van der Waals surface area (Å²) >= 11 is 0. The third kappa shape index (κ3) is 6.75. The van der Waals surface area contributed by atoms with Crippen LogP contribution in [0.4, 0.5) is 5.82 Å². The van der Waals surface area contributed by atoms with Gasteiger partial charge in [-0.1, -0.05) is 60.9 Å². The maximum atomic E-state index is 11.6. The van der Waals surface area contributed by atoms with Crippen molar-refractivity contribution in [3.63, 3.8) is 0 Å². The predicted octanol–water partition coefficient (Wildman–Crippen LogP) is 4.67. The number of aromatic hydroxyl groups is 2. The second kappa shape index (κ2) is 14.4. The highest BCUT2D eigenvalue weighted by Gasteiger charge is 2.40. The Kier molecular flexibility index (Phi) is 9.89. The first-order valence-corrected chi connectivity index (χ1v) is 16.3. The molecule has 0 amide bonds. The third-order valence-corrected chi connectivity index (χ3v) is 8.86. The molecular formula is C37H43N3O7. The molecule has 0 radical (unpaired) electrons. The van der Waals surface area contributed by atoms with Crippen molar-refractivity contribution in [2.75, 3.05) is 51.4 Å². The molecule has 4 aromatic rings. The quantitative estimate of drug-likeness (QED) is 0.128. The Morgan fingerprint density at radius 3 is 2.55 bits per heavy atom. The summed E-state index contributed by atoms with van der Waals surface area (Å²) in [5.74, 6) is 1.69. The molecule has 2 aliphatic rings. The fraction of sp³-hybridized carbons (Fsp3) is 0.378. The van der Waals surface area contributed by atoms with Crippen LogP contribution in [0.15, 0.2) is 54.6 Å². The molecule has 3 heterocycles. The number of hydrogen-bond donors (Lipinski definition) is 4. The first-order valence-electron chi connectivity index (χ1n) is 16.3. The monoisotopic (exact) mass is 641 g/mol.